The van der Waals surface area contributed by atoms with E-state index in [-0.39, 0.29) is 6.10 Å². The van der Waals surface area contributed by atoms with Crippen LogP contribution in [0.5, 0.6) is 0 Å². The molecule has 0 aliphatic carbocycles. The van der Waals surface area contributed by atoms with Crippen molar-refractivity contribution < 1.29 is 5.11 Å². The third-order valence-corrected chi connectivity index (χ3v) is 2.28. The lowest BCUT2D eigenvalue weighted by Gasteiger charge is -2.05. The minimum Gasteiger partial charge on any atom is -0.389 e. The number of hydrogen-bond donors (Lipinski definition) is 1. The highest BCUT2D eigenvalue weighted by molar-refractivity contribution is 5.23. The van der Waals surface area contributed by atoms with E-state index < -0.39 is 0 Å². The van der Waals surface area contributed by atoms with Gasteiger partial charge in [-0.3, -0.25) is 0 Å². The molecule has 0 fully saturated rings. The number of rotatable bonds is 4. The molecule has 1 atom stereocenters. The zero-order valence-electron chi connectivity index (χ0n) is 8.46. The maximum absolute atomic E-state index is 9.29. The van der Waals surface area contributed by atoms with Crippen molar-refractivity contribution in [1.29, 1.82) is 0 Å². The van der Waals surface area contributed by atoms with Crippen LogP contribution in [0.3, 0.4) is 0 Å². The summed E-state index contributed by atoms with van der Waals surface area (Å²) in [5, 5.41) is 9.29. The molecular weight excluding hydrogens is 160 g/mol. The zero-order valence-corrected chi connectivity index (χ0v) is 8.46. The van der Waals surface area contributed by atoms with Gasteiger partial charge in [-0.05, 0) is 30.9 Å². The van der Waals surface area contributed by atoms with Gasteiger partial charge < -0.3 is 5.11 Å². The van der Waals surface area contributed by atoms with Gasteiger partial charge in [-0.15, -0.1) is 0 Å². The van der Waals surface area contributed by atoms with E-state index in [1.165, 1.54) is 18.4 Å². The standard InChI is InChI=1S/C12H18O/c1-3-4-5-11-6-8-12(9-7-11)10(2)13/h6-10,13H,3-5H2,1-2H3. The number of aryl methyl sites for hydroxylation is 1. The predicted octanol–water partition coefficient (Wildman–Crippen LogP) is 3.08. The van der Waals surface area contributed by atoms with Gasteiger partial charge in [-0.1, -0.05) is 37.6 Å². The summed E-state index contributed by atoms with van der Waals surface area (Å²) in [6.45, 7) is 3.99. The van der Waals surface area contributed by atoms with Crippen molar-refractivity contribution in [3.05, 3.63) is 35.4 Å². The molecule has 0 heterocycles. The summed E-state index contributed by atoms with van der Waals surface area (Å²) in [7, 11) is 0. The maximum atomic E-state index is 9.29. The van der Waals surface area contributed by atoms with Crippen LogP contribution in [0.4, 0.5) is 0 Å². The van der Waals surface area contributed by atoms with E-state index in [0.29, 0.717) is 0 Å². The van der Waals surface area contributed by atoms with E-state index >= 15 is 0 Å². The summed E-state index contributed by atoms with van der Waals surface area (Å²) in [6.07, 6.45) is 3.28. The summed E-state index contributed by atoms with van der Waals surface area (Å²) >= 11 is 0. The Kier molecular flexibility index (Phi) is 3.97. The molecule has 0 radical (unpaired) electrons. The van der Waals surface area contributed by atoms with E-state index in [0.717, 1.165) is 12.0 Å². The summed E-state index contributed by atoms with van der Waals surface area (Å²) in [4.78, 5) is 0. The van der Waals surface area contributed by atoms with Crippen LogP contribution in [-0.2, 0) is 6.42 Å². The van der Waals surface area contributed by atoms with Crippen LogP contribution in [-0.4, -0.2) is 5.11 Å². The molecule has 0 aliphatic rings. The first-order chi connectivity index (χ1) is 6.24. The number of hydrogen-bond acceptors (Lipinski definition) is 1. The first kappa shape index (κ1) is 10.3. The molecule has 13 heavy (non-hydrogen) atoms. The summed E-state index contributed by atoms with van der Waals surface area (Å²) in [6, 6.07) is 8.24. The summed E-state index contributed by atoms with van der Waals surface area (Å²) < 4.78 is 0. The number of aliphatic hydroxyl groups is 1. The molecule has 0 saturated heterocycles. The Morgan fingerprint density at radius 2 is 1.85 bits per heavy atom. The SMILES string of the molecule is CCCCc1ccc(C(C)O)cc1. The van der Waals surface area contributed by atoms with Gasteiger partial charge >= 0.3 is 0 Å². The second kappa shape index (κ2) is 5.03. The molecule has 0 spiro atoms. The maximum Gasteiger partial charge on any atom is 0.0761 e. The van der Waals surface area contributed by atoms with Crippen LogP contribution < -0.4 is 0 Å². The van der Waals surface area contributed by atoms with Gasteiger partial charge in [-0.25, -0.2) is 0 Å². The lowest BCUT2D eigenvalue weighted by Crippen LogP contribution is -1.91. The van der Waals surface area contributed by atoms with Crippen LogP contribution in [0.1, 0.15) is 43.9 Å². The van der Waals surface area contributed by atoms with Crippen LogP contribution in [0.25, 0.3) is 0 Å². The molecule has 1 nitrogen and oxygen atoms in total. The van der Waals surface area contributed by atoms with Gasteiger partial charge in [-0.2, -0.15) is 0 Å². The number of aliphatic hydroxyl groups excluding tert-OH is 1. The quantitative estimate of drug-likeness (QED) is 0.751. The summed E-state index contributed by atoms with van der Waals surface area (Å²) in [5.74, 6) is 0. The minimum absolute atomic E-state index is 0.347. The molecule has 1 rings (SSSR count). The topological polar surface area (TPSA) is 20.2 Å². The predicted molar refractivity (Wildman–Crippen MR) is 55.7 cm³/mol. The Morgan fingerprint density at radius 1 is 1.23 bits per heavy atom. The van der Waals surface area contributed by atoms with Crippen molar-refractivity contribution in [3.8, 4) is 0 Å². The van der Waals surface area contributed by atoms with Crippen molar-refractivity contribution in [1.82, 2.24) is 0 Å². The Labute approximate surface area is 80.4 Å². The fraction of sp³-hybridized carbons (Fsp3) is 0.500. The molecular formula is C12H18O. The average molecular weight is 178 g/mol. The molecule has 1 N–H and O–H groups in total. The first-order valence-electron chi connectivity index (χ1n) is 5.01. The molecule has 0 bridgehead atoms. The zero-order chi connectivity index (χ0) is 9.68. The highest BCUT2D eigenvalue weighted by Crippen LogP contribution is 2.13. The summed E-state index contributed by atoms with van der Waals surface area (Å²) in [5.41, 5.74) is 2.37. The number of unbranched alkanes of at least 4 members (excludes halogenated alkanes) is 1. The van der Waals surface area contributed by atoms with Crippen molar-refractivity contribution >= 4 is 0 Å². The molecule has 0 aliphatic heterocycles. The third-order valence-electron chi connectivity index (χ3n) is 2.28. The van der Waals surface area contributed by atoms with Gasteiger partial charge in [0.15, 0.2) is 0 Å². The Balaban J connectivity index is 2.59. The van der Waals surface area contributed by atoms with Crippen LogP contribution in [0, 0.1) is 0 Å². The minimum atomic E-state index is -0.347. The van der Waals surface area contributed by atoms with Gasteiger partial charge in [0.05, 0.1) is 6.10 Å². The van der Waals surface area contributed by atoms with Crippen molar-refractivity contribution in [2.75, 3.05) is 0 Å². The molecule has 1 heteroatoms. The monoisotopic (exact) mass is 178 g/mol. The van der Waals surface area contributed by atoms with Gasteiger partial charge in [0.25, 0.3) is 0 Å². The fourth-order valence-electron chi connectivity index (χ4n) is 1.34. The van der Waals surface area contributed by atoms with Crippen molar-refractivity contribution in [2.45, 2.75) is 39.2 Å². The van der Waals surface area contributed by atoms with Crippen LogP contribution in [0.2, 0.25) is 0 Å². The molecule has 1 aromatic rings. The van der Waals surface area contributed by atoms with E-state index in [2.05, 4.69) is 19.1 Å². The lowest BCUT2D eigenvalue weighted by atomic mass is 10.0. The Bertz CT molecular complexity index is 236. The highest BCUT2D eigenvalue weighted by Gasteiger charge is 1.99. The molecule has 72 valence electrons. The van der Waals surface area contributed by atoms with Crippen molar-refractivity contribution in [3.63, 3.8) is 0 Å². The third kappa shape index (κ3) is 3.19. The molecule has 0 aromatic heterocycles. The van der Waals surface area contributed by atoms with Gasteiger partial charge in [0, 0.05) is 0 Å². The second-order valence-corrected chi connectivity index (χ2v) is 3.52. The van der Waals surface area contributed by atoms with E-state index in [1.54, 1.807) is 6.92 Å². The van der Waals surface area contributed by atoms with E-state index in [4.69, 9.17) is 0 Å². The van der Waals surface area contributed by atoms with Crippen molar-refractivity contribution in [2.24, 2.45) is 0 Å². The highest BCUT2D eigenvalue weighted by atomic mass is 16.3. The van der Waals surface area contributed by atoms with E-state index in [9.17, 15) is 5.11 Å². The van der Waals surface area contributed by atoms with Crippen LogP contribution in [0.15, 0.2) is 24.3 Å². The normalized spacial score (nSPS) is 12.8. The number of benzene rings is 1. The first-order valence-corrected chi connectivity index (χ1v) is 5.01. The van der Waals surface area contributed by atoms with Crippen LogP contribution >= 0.6 is 0 Å². The Hall–Kier alpha value is -0.820. The Morgan fingerprint density at radius 3 is 2.31 bits per heavy atom. The van der Waals surface area contributed by atoms with Gasteiger partial charge in [0.2, 0.25) is 0 Å². The lowest BCUT2D eigenvalue weighted by molar-refractivity contribution is 0.199. The molecule has 1 unspecified atom stereocenters. The van der Waals surface area contributed by atoms with Gasteiger partial charge in [0.1, 0.15) is 0 Å². The smallest absolute Gasteiger partial charge is 0.0761 e. The fourth-order valence-corrected chi connectivity index (χ4v) is 1.34. The largest absolute Gasteiger partial charge is 0.389 e. The molecule has 0 amide bonds. The molecule has 1 aromatic carbocycles. The second-order valence-electron chi connectivity index (χ2n) is 3.52. The average Bonchev–Trinajstić information content (AvgIpc) is 2.15. The molecule has 0 saturated carbocycles. The van der Waals surface area contributed by atoms with E-state index in [1.807, 2.05) is 12.1 Å².